The first-order valence-corrected chi connectivity index (χ1v) is 4.93. The van der Waals surface area contributed by atoms with Crippen LogP contribution in [-0.4, -0.2) is 12.8 Å². The van der Waals surface area contributed by atoms with Crippen LogP contribution in [0.5, 0.6) is 5.75 Å². The summed E-state index contributed by atoms with van der Waals surface area (Å²) in [5.74, 6) is 0.416. The van der Waals surface area contributed by atoms with Crippen LogP contribution in [0, 0.1) is 0 Å². The lowest BCUT2D eigenvalue weighted by Crippen LogP contribution is -2.13. The maximum absolute atomic E-state index is 11.9. The van der Waals surface area contributed by atoms with Gasteiger partial charge < -0.3 is 10.5 Å². The van der Waals surface area contributed by atoms with Crippen molar-refractivity contribution >= 4 is 0 Å². The molecule has 0 fully saturated rings. The molecule has 0 saturated heterocycles. The van der Waals surface area contributed by atoms with Crippen molar-refractivity contribution in [3.05, 3.63) is 29.8 Å². The zero-order valence-electron chi connectivity index (χ0n) is 8.92. The zero-order chi connectivity index (χ0) is 12.2. The van der Waals surface area contributed by atoms with Gasteiger partial charge in [0.1, 0.15) is 5.75 Å². The SMILES string of the molecule is CC(N)c1cccc(OCCC(F)(F)F)c1. The van der Waals surface area contributed by atoms with E-state index in [1.807, 2.05) is 0 Å². The lowest BCUT2D eigenvalue weighted by molar-refractivity contribution is -0.139. The minimum atomic E-state index is -4.18. The van der Waals surface area contributed by atoms with Gasteiger partial charge in [0.25, 0.3) is 0 Å². The molecule has 5 heteroatoms. The van der Waals surface area contributed by atoms with E-state index in [1.165, 1.54) is 0 Å². The smallest absolute Gasteiger partial charge is 0.392 e. The third kappa shape index (κ3) is 4.53. The Bertz CT molecular complexity index is 336. The Balaban J connectivity index is 2.51. The minimum absolute atomic E-state index is 0.161. The van der Waals surface area contributed by atoms with E-state index in [0.29, 0.717) is 5.75 Å². The van der Waals surface area contributed by atoms with Crippen molar-refractivity contribution in [1.29, 1.82) is 0 Å². The van der Waals surface area contributed by atoms with Crippen molar-refractivity contribution in [2.45, 2.75) is 25.6 Å². The highest BCUT2D eigenvalue weighted by Gasteiger charge is 2.26. The Labute approximate surface area is 92.2 Å². The normalized spacial score (nSPS) is 13.6. The topological polar surface area (TPSA) is 35.2 Å². The Morgan fingerprint density at radius 3 is 2.62 bits per heavy atom. The number of alkyl halides is 3. The molecular formula is C11H14F3NO. The van der Waals surface area contributed by atoms with Crippen LogP contribution in [0.4, 0.5) is 13.2 Å². The Hall–Kier alpha value is -1.23. The van der Waals surface area contributed by atoms with E-state index in [-0.39, 0.29) is 12.6 Å². The summed E-state index contributed by atoms with van der Waals surface area (Å²) in [6.45, 7) is 1.43. The van der Waals surface area contributed by atoms with Crippen molar-refractivity contribution in [1.82, 2.24) is 0 Å². The second-order valence-electron chi connectivity index (χ2n) is 3.57. The van der Waals surface area contributed by atoms with Crippen LogP contribution >= 0.6 is 0 Å². The summed E-state index contributed by atoms with van der Waals surface area (Å²) < 4.78 is 40.6. The number of hydrogen-bond acceptors (Lipinski definition) is 2. The molecule has 1 aromatic rings. The van der Waals surface area contributed by atoms with Gasteiger partial charge in [-0.2, -0.15) is 13.2 Å². The van der Waals surface area contributed by atoms with Crippen LogP contribution in [0.25, 0.3) is 0 Å². The lowest BCUT2D eigenvalue weighted by atomic mass is 10.1. The largest absolute Gasteiger partial charge is 0.493 e. The molecule has 0 amide bonds. The number of halogens is 3. The van der Waals surface area contributed by atoms with E-state index < -0.39 is 12.6 Å². The van der Waals surface area contributed by atoms with E-state index in [9.17, 15) is 13.2 Å². The number of benzene rings is 1. The third-order valence-electron chi connectivity index (χ3n) is 2.04. The molecule has 0 spiro atoms. The van der Waals surface area contributed by atoms with Crippen LogP contribution in [0.1, 0.15) is 24.9 Å². The number of nitrogens with two attached hydrogens (primary N) is 1. The summed E-state index contributed by atoms with van der Waals surface area (Å²) in [6.07, 6.45) is -5.13. The summed E-state index contributed by atoms with van der Waals surface area (Å²) in [5.41, 5.74) is 6.48. The molecule has 16 heavy (non-hydrogen) atoms. The van der Waals surface area contributed by atoms with Gasteiger partial charge in [0, 0.05) is 6.04 Å². The summed E-state index contributed by atoms with van der Waals surface area (Å²) >= 11 is 0. The summed E-state index contributed by atoms with van der Waals surface area (Å²) in [6, 6.07) is 6.62. The van der Waals surface area contributed by atoms with Gasteiger partial charge in [-0.1, -0.05) is 12.1 Å². The predicted octanol–water partition coefficient (Wildman–Crippen LogP) is 3.04. The molecule has 0 heterocycles. The molecule has 0 bridgehead atoms. The van der Waals surface area contributed by atoms with Crippen molar-refractivity contribution in [2.24, 2.45) is 5.73 Å². The molecule has 1 atom stereocenters. The number of ether oxygens (including phenoxy) is 1. The molecule has 0 aromatic heterocycles. The van der Waals surface area contributed by atoms with Crippen LogP contribution in [0.15, 0.2) is 24.3 Å². The van der Waals surface area contributed by atoms with E-state index in [4.69, 9.17) is 10.5 Å². The van der Waals surface area contributed by atoms with Gasteiger partial charge >= 0.3 is 6.18 Å². The van der Waals surface area contributed by atoms with Crippen LogP contribution in [0.2, 0.25) is 0 Å². The number of rotatable bonds is 4. The predicted molar refractivity (Wildman–Crippen MR) is 55.2 cm³/mol. The minimum Gasteiger partial charge on any atom is -0.493 e. The highest BCUT2D eigenvalue weighted by molar-refractivity contribution is 5.30. The maximum atomic E-state index is 11.9. The Morgan fingerprint density at radius 2 is 2.06 bits per heavy atom. The van der Waals surface area contributed by atoms with Gasteiger partial charge in [0.2, 0.25) is 0 Å². The van der Waals surface area contributed by atoms with Gasteiger partial charge in [-0.05, 0) is 24.6 Å². The zero-order valence-corrected chi connectivity index (χ0v) is 8.92. The van der Waals surface area contributed by atoms with Crippen molar-refractivity contribution in [3.63, 3.8) is 0 Å². The molecule has 1 rings (SSSR count). The van der Waals surface area contributed by atoms with Crippen LogP contribution < -0.4 is 10.5 Å². The average molecular weight is 233 g/mol. The highest BCUT2D eigenvalue weighted by atomic mass is 19.4. The fourth-order valence-electron chi connectivity index (χ4n) is 1.17. The standard InChI is InChI=1S/C11H14F3NO/c1-8(15)9-3-2-4-10(7-9)16-6-5-11(12,13)14/h2-4,7-8H,5-6,15H2,1H3. The summed E-state index contributed by atoms with van der Waals surface area (Å²) in [5, 5.41) is 0. The van der Waals surface area contributed by atoms with E-state index in [1.54, 1.807) is 31.2 Å². The first kappa shape index (κ1) is 12.8. The average Bonchev–Trinajstić information content (AvgIpc) is 2.16. The summed E-state index contributed by atoms with van der Waals surface area (Å²) in [7, 11) is 0. The Kier molecular flexibility index (Phi) is 4.18. The first-order valence-electron chi connectivity index (χ1n) is 4.93. The van der Waals surface area contributed by atoms with Gasteiger partial charge in [0.05, 0.1) is 13.0 Å². The third-order valence-corrected chi connectivity index (χ3v) is 2.04. The molecule has 0 aliphatic heterocycles. The molecule has 0 saturated carbocycles. The second-order valence-corrected chi connectivity index (χ2v) is 3.57. The molecule has 0 aliphatic carbocycles. The van der Waals surface area contributed by atoms with Crippen molar-refractivity contribution in [2.75, 3.05) is 6.61 Å². The monoisotopic (exact) mass is 233 g/mol. The van der Waals surface area contributed by atoms with Crippen molar-refractivity contribution in [3.8, 4) is 5.75 Å². The highest BCUT2D eigenvalue weighted by Crippen LogP contribution is 2.21. The number of hydrogen-bond donors (Lipinski definition) is 1. The first-order chi connectivity index (χ1) is 7.38. The van der Waals surface area contributed by atoms with E-state index in [0.717, 1.165) is 5.56 Å². The molecule has 1 aromatic carbocycles. The van der Waals surface area contributed by atoms with Crippen LogP contribution in [0.3, 0.4) is 0 Å². The van der Waals surface area contributed by atoms with Gasteiger partial charge in [-0.15, -0.1) is 0 Å². The molecule has 0 radical (unpaired) electrons. The van der Waals surface area contributed by atoms with Crippen molar-refractivity contribution < 1.29 is 17.9 Å². The fourth-order valence-corrected chi connectivity index (χ4v) is 1.17. The van der Waals surface area contributed by atoms with Gasteiger partial charge in [0.15, 0.2) is 0 Å². The van der Waals surface area contributed by atoms with Crippen LogP contribution in [-0.2, 0) is 0 Å². The maximum Gasteiger partial charge on any atom is 0.392 e. The summed E-state index contributed by atoms with van der Waals surface area (Å²) in [4.78, 5) is 0. The molecule has 2 N–H and O–H groups in total. The molecule has 1 unspecified atom stereocenters. The fraction of sp³-hybridized carbons (Fsp3) is 0.455. The molecule has 2 nitrogen and oxygen atoms in total. The molecule has 0 aliphatic rings. The lowest BCUT2D eigenvalue weighted by Gasteiger charge is -2.11. The molecule has 90 valence electrons. The quantitative estimate of drug-likeness (QED) is 0.867. The molecular weight excluding hydrogens is 219 g/mol. The van der Waals surface area contributed by atoms with E-state index >= 15 is 0 Å². The second kappa shape index (κ2) is 5.21. The Morgan fingerprint density at radius 1 is 1.38 bits per heavy atom. The van der Waals surface area contributed by atoms with E-state index in [2.05, 4.69) is 0 Å². The van der Waals surface area contributed by atoms with Gasteiger partial charge in [-0.3, -0.25) is 0 Å². The van der Waals surface area contributed by atoms with Gasteiger partial charge in [-0.25, -0.2) is 0 Å².